The highest BCUT2D eigenvalue weighted by molar-refractivity contribution is 6.00. The van der Waals surface area contributed by atoms with Crippen molar-refractivity contribution in [1.29, 1.82) is 0 Å². The summed E-state index contributed by atoms with van der Waals surface area (Å²) in [6, 6.07) is 6.60. The molecular weight excluding hydrogens is 224 g/mol. The van der Waals surface area contributed by atoms with Gasteiger partial charge in [0.1, 0.15) is 0 Å². The lowest BCUT2D eigenvalue weighted by molar-refractivity contribution is -0.122. The van der Waals surface area contributed by atoms with Gasteiger partial charge in [-0.2, -0.15) is 0 Å². The van der Waals surface area contributed by atoms with Gasteiger partial charge >= 0.3 is 0 Å². The number of anilines is 1. The maximum Gasteiger partial charge on any atom is 0.232 e. The number of likely N-dealkylation sites (N-methyl/N-ethyl adjacent to an activating group) is 1. The van der Waals surface area contributed by atoms with Crippen molar-refractivity contribution in [3.05, 3.63) is 29.3 Å². The lowest BCUT2D eigenvalue weighted by atomic mass is 9.80. The van der Waals surface area contributed by atoms with Crippen LogP contribution in [0.4, 0.5) is 5.69 Å². The third-order valence-electron chi connectivity index (χ3n) is 4.73. The van der Waals surface area contributed by atoms with Crippen molar-refractivity contribution in [3.63, 3.8) is 0 Å². The molecule has 1 unspecified atom stereocenters. The Morgan fingerprint density at radius 1 is 1.22 bits per heavy atom. The zero-order valence-electron chi connectivity index (χ0n) is 10.7. The van der Waals surface area contributed by atoms with Gasteiger partial charge in [-0.05, 0) is 31.0 Å². The van der Waals surface area contributed by atoms with Crippen LogP contribution in [0.2, 0.25) is 0 Å². The number of likely N-dealkylation sites (tertiary alicyclic amines) is 1. The van der Waals surface area contributed by atoms with Crippen LogP contribution in [0, 0.1) is 5.92 Å². The van der Waals surface area contributed by atoms with Crippen molar-refractivity contribution >= 4 is 11.6 Å². The van der Waals surface area contributed by atoms with E-state index in [1.54, 1.807) is 0 Å². The second-order valence-electron chi connectivity index (χ2n) is 5.88. The first-order valence-electron chi connectivity index (χ1n) is 6.87. The van der Waals surface area contributed by atoms with Gasteiger partial charge in [0.25, 0.3) is 0 Å². The minimum Gasteiger partial charge on any atom is -0.312 e. The van der Waals surface area contributed by atoms with Crippen LogP contribution >= 0.6 is 0 Å². The summed E-state index contributed by atoms with van der Waals surface area (Å²) >= 11 is 0. The van der Waals surface area contributed by atoms with Crippen LogP contribution in [0.3, 0.4) is 0 Å². The number of carbonyl (C=O) groups is 1. The molecule has 1 saturated heterocycles. The summed E-state index contributed by atoms with van der Waals surface area (Å²) in [4.78, 5) is 17.0. The summed E-state index contributed by atoms with van der Waals surface area (Å²) in [7, 11) is 2.12. The van der Waals surface area contributed by atoms with E-state index in [1.165, 1.54) is 16.8 Å². The molecule has 3 aliphatic rings. The number of rotatable bonds is 0. The molecule has 1 amide bonds. The van der Waals surface area contributed by atoms with E-state index in [0.717, 1.165) is 32.5 Å². The van der Waals surface area contributed by atoms with Gasteiger partial charge in [-0.15, -0.1) is 0 Å². The van der Waals surface area contributed by atoms with Crippen LogP contribution < -0.4 is 4.90 Å². The zero-order chi connectivity index (χ0) is 12.3. The SMILES string of the molecule is CN1CC2C(=O)N3CCCc4cccc(c43)[C@@H]2C1. The van der Waals surface area contributed by atoms with Gasteiger partial charge in [0.2, 0.25) is 5.91 Å². The number of benzene rings is 1. The van der Waals surface area contributed by atoms with Crippen LogP contribution in [-0.2, 0) is 11.2 Å². The van der Waals surface area contributed by atoms with E-state index in [2.05, 4.69) is 35.0 Å². The molecule has 3 nitrogen and oxygen atoms in total. The smallest absolute Gasteiger partial charge is 0.232 e. The maximum absolute atomic E-state index is 12.6. The number of fused-ring (bicyclic) bond motifs is 2. The third kappa shape index (κ3) is 1.25. The maximum atomic E-state index is 12.6. The minimum atomic E-state index is 0.191. The number of hydrogen-bond donors (Lipinski definition) is 0. The second kappa shape index (κ2) is 3.58. The summed E-state index contributed by atoms with van der Waals surface area (Å²) in [6.45, 7) is 2.86. The lowest BCUT2D eigenvalue weighted by Crippen LogP contribution is -2.45. The number of para-hydroxylation sites is 1. The molecule has 1 fully saturated rings. The number of hydrogen-bond acceptors (Lipinski definition) is 2. The molecule has 0 aliphatic carbocycles. The highest BCUT2D eigenvalue weighted by Crippen LogP contribution is 2.46. The molecular formula is C15H18N2O. The standard InChI is InChI=1S/C15H18N2O/c1-16-8-12-11-6-2-4-10-5-3-7-17(14(10)11)15(18)13(12)9-16/h2,4,6,12-13H,3,5,7-9H2,1H3/t12-,13?/m0/s1. The summed E-state index contributed by atoms with van der Waals surface area (Å²) in [5.41, 5.74) is 4.05. The van der Waals surface area contributed by atoms with Crippen molar-refractivity contribution in [3.8, 4) is 0 Å². The molecule has 4 rings (SSSR count). The Hall–Kier alpha value is -1.35. The highest BCUT2D eigenvalue weighted by atomic mass is 16.2. The molecule has 1 aromatic rings. The molecule has 3 aliphatic heterocycles. The monoisotopic (exact) mass is 242 g/mol. The summed E-state index contributed by atoms with van der Waals surface area (Å²) in [5.74, 6) is 0.978. The average Bonchev–Trinajstić information content (AvgIpc) is 2.78. The number of aryl methyl sites for hydroxylation is 1. The largest absolute Gasteiger partial charge is 0.312 e. The highest BCUT2D eigenvalue weighted by Gasteiger charge is 2.45. The van der Waals surface area contributed by atoms with Crippen LogP contribution in [0.5, 0.6) is 0 Å². The van der Waals surface area contributed by atoms with E-state index in [0.29, 0.717) is 11.8 Å². The van der Waals surface area contributed by atoms with Crippen molar-refractivity contribution in [2.75, 3.05) is 31.6 Å². The van der Waals surface area contributed by atoms with Crippen LogP contribution in [-0.4, -0.2) is 37.5 Å². The normalized spacial score (nSPS) is 30.3. The first-order chi connectivity index (χ1) is 8.75. The van der Waals surface area contributed by atoms with Crippen LogP contribution in [0.1, 0.15) is 23.5 Å². The van der Waals surface area contributed by atoms with Crippen molar-refractivity contribution < 1.29 is 4.79 Å². The average molecular weight is 242 g/mol. The van der Waals surface area contributed by atoms with Gasteiger partial charge in [-0.1, -0.05) is 18.2 Å². The molecule has 1 aromatic carbocycles. The number of amides is 1. The molecule has 18 heavy (non-hydrogen) atoms. The first-order valence-corrected chi connectivity index (χ1v) is 6.87. The number of carbonyl (C=O) groups excluding carboxylic acids is 1. The minimum absolute atomic E-state index is 0.191. The van der Waals surface area contributed by atoms with Crippen LogP contribution in [0.25, 0.3) is 0 Å². The molecule has 0 aromatic heterocycles. The Morgan fingerprint density at radius 2 is 2.06 bits per heavy atom. The molecule has 0 N–H and O–H groups in total. The Balaban J connectivity index is 1.92. The molecule has 0 saturated carbocycles. The molecule has 3 heterocycles. The van der Waals surface area contributed by atoms with E-state index >= 15 is 0 Å². The quantitative estimate of drug-likeness (QED) is 0.690. The van der Waals surface area contributed by atoms with Gasteiger partial charge in [-0.3, -0.25) is 4.79 Å². The Kier molecular flexibility index (Phi) is 2.10. The molecule has 0 spiro atoms. The summed E-state index contributed by atoms with van der Waals surface area (Å²) in [5, 5.41) is 0. The fourth-order valence-electron chi connectivity index (χ4n) is 3.97. The first kappa shape index (κ1) is 10.6. The summed E-state index contributed by atoms with van der Waals surface area (Å²) in [6.07, 6.45) is 2.23. The van der Waals surface area contributed by atoms with Crippen molar-refractivity contribution in [1.82, 2.24) is 4.90 Å². The number of nitrogens with zero attached hydrogens (tertiary/aromatic N) is 2. The zero-order valence-corrected chi connectivity index (χ0v) is 10.7. The molecule has 94 valence electrons. The third-order valence-corrected chi connectivity index (χ3v) is 4.73. The molecule has 0 radical (unpaired) electrons. The lowest BCUT2D eigenvalue weighted by Gasteiger charge is -2.40. The molecule has 2 atom stereocenters. The van der Waals surface area contributed by atoms with Gasteiger partial charge in [0.15, 0.2) is 0 Å². The van der Waals surface area contributed by atoms with Gasteiger partial charge in [-0.25, -0.2) is 0 Å². The van der Waals surface area contributed by atoms with Gasteiger partial charge < -0.3 is 9.80 Å². The van der Waals surface area contributed by atoms with Gasteiger partial charge in [0.05, 0.1) is 11.6 Å². The van der Waals surface area contributed by atoms with E-state index in [9.17, 15) is 4.79 Å². The Labute approximate surface area is 107 Å². The van der Waals surface area contributed by atoms with Crippen molar-refractivity contribution in [2.24, 2.45) is 5.92 Å². The predicted octanol–water partition coefficient (Wildman–Crippen LogP) is 1.62. The van der Waals surface area contributed by atoms with Gasteiger partial charge in [0, 0.05) is 25.6 Å². The Bertz CT molecular complexity index is 525. The fourth-order valence-corrected chi connectivity index (χ4v) is 3.97. The van der Waals surface area contributed by atoms with Crippen LogP contribution in [0.15, 0.2) is 18.2 Å². The van der Waals surface area contributed by atoms with E-state index in [-0.39, 0.29) is 5.92 Å². The summed E-state index contributed by atoms with van der Waals surface area (Å²) < 4.78 is 0. The van der Waals surface area contributed by atoms with E-state index in [1.807, 2.05) is 0 Å². The van der Waals surface area contributed by atoms with Crippen molar-refractivity contribution in [2.45, 2.75) is 18.8 Å². The van der Waals surface area contributed by atoms with E-state index < -0.39 is 0 Å². The predicted molar refractivity (Wildman–Crippen MR) is 70.8 cm³/mol. The fraction of sp³-hybridized carbons (Fsp3) is 0.533. The molecule has 0 bridgehead atoms. The molecule has 3 heteroatoms. The van der Waals surface area contributed by atoms with E-state index in [4.69, 9.17) is 0 Å². The topological polar surface area (TPSA) is 23.6 Å². The second-order valence-corrected chi connectivity index (χ2v) is 5.88. The Morgan fingerprint density at radius 3 is 2.94 bits per heavy atom.